The Morgan fingerprint density at radius 3 is 2.73 bits per heavy atom. The first kappa shape index (κ1) is 17.3. The molecule has 0 aliphatic rings. The van der Waals surface area contributed by atoms with Gasteiger partial charge >= 0.3 is 5.97 Å². The first-order chi connectivity index (χ1) is 12.6. The number of phenolic OH excluding ortho intramolecular Hbond substituents is 1. The summed E-state index contributed by atoms with van der Waals surface area (Å²) in [5.41, 5.74) is 1.77. The van der Waals surface area contributed by atoms with Crippen molar-refractivity contribution < 1.29 is 14.6 Å². The number of carbonyl (C=O) groups excluding carboxylic acids is 1. The fraction of sp³-hybridized carbons (Fsp3) is 0.158. The van der Waals surface area contributed by atoms with Gasteiger partial charge in [-0.05, 0) is 43.2 Å². The Morgan fingerprint density at radius 2 is 2.00 bits per heavy atom. The molecule has 26 heavy (non-hydrogen) atoms. The van der Waals surface area contributed by atoms with Crippen LogP contribution in [-0.4, -0.2) is 32.9 Å². The molecular formula is C19H19N3O4. The SMILES string of the molecule is CCOC(=O)c1c[nH]c(C=c2c(=O)[nH][nH]c2=CCc2ccc(O)cc2)c1. The van der Waals surface area contributed by atoms with Crippen molar-refractivity contribution in [2.45, 2.75) is 13.3 Å². The maximum Gasteiger partial charge on any atom is 0.339 e. The summed E-state index contributed by atoms with van der Waals surface area (Å²) >= 11 is 0. The Bertz CT molecular complexity index is 1070. The molecule has 0 amide bonds. The Kier molecular flexibility index (Phi) is 5.07. The third kappa shape index (κ3) is 3.94. The molecule has 3 rings (SSSR count). The predicted octanol–water partition coefficient (Wildman–Crippen LogP) is 0.765. The van der Waals surface area contributed by atoms with Gasteiger partial charge in [0.15, 0.2) is 0 Å². The molecule has 0 radical (unpaired) electrons. The quantitative estimate of drug-likeness (QED) is 0.508. The number of nitrogens with one attached hydrogen (secondary N) is 3. The van der Waals surface area contributed by atoms with Gasteiger partial charge in [-0.1, -0.05) is 18.2 Å². The van der Waals surface area contributed by atoms with E-state index in [-0.39, 0.29) is 11.3 Å². The number of hydrogen-bond donors (Lipinski definition) is 4. The van der Waals surface area contributed by atoms with Crippen LogP contribution in [0.3, 0.4) is 0 Å². The zero-order chi connectivity index (χ0) is 18.5. The zero-order valence-electron chi connectivity index (χ0n) is 14.2. The third-order valence-electron chi connectivity index (χ3n) is 3.84. The molecule has 0 bridgehead atoms. The molecule has 0 spiro atoms. The molecule has 0 atom stereocenters. The van der Waals surface area contributed by atoms with E-state index in [0.29, 0.717) is 34.9 Å². The number of aromatic hydroxyl groups is 1. The first-order valence-electron chi connectivity index (χ1n) is 8.19. The monoisotopic (exact) mass is 353 g/mol. The molecule has 1 aromatic carbocycles. The number of hydrogen-bond acceptors (Lipinski definition) is 4. The molecule has 134 valence electrons. The average molecular weight is 353 g/mol. The van der Waals surface area contributed by atoms with Crippen molar-refractivity contribution >= 4 is 18.1 Å². The highest BCUT2D eigenvalue weighted by atomic mass is 16.5. The molecule has 0 unspecified atom stereocenters. The van der Waals surface area contributed by atoms with Gasteiger partial charge in [-0.25, -0.2) is 4.79 Å². The Labute approximate surface area is 148 Å². The van der Waals surface area contributed by atoms with Crippen LogP contribution >= 0.6 is 0 Å². The number of aromatic nitrogens is 3. The van der Waals surface area contributed by atoms with Crippen molar-refractivity contribution in [2.24, 2.45) is 0 Å². The lowest BCUT2D eigenvalue weighted by molar-refractivity contribution is 0.0526. The Morgan fingerprint density at radius 1 is 1.23 bits per heavy atom. The van der Waals surface area contributed by atoms with E-state index in [9.17, 15) is 14.7 Å². The molecule has 0 aliphatic heterocycles. The maximum absolute atomic E-state index is 12.1. The summed E-state index contributed by atoms with van der Waals surface area (Å²) in [4.78, 5) is 26.7. The topological polar surface area (TPSA) is 111 Å². The van der Waals surface area contributed by atoms with Gasteiger partial charge in [-0.15, -0.1) is 0 Å². The van der Waals surface area contributed by atoms with E-state index in [4.69, 9.17) is 4.74 Å². The molecule has 4 N–H and O–H groups in total. The second-order valence-corrected chi connectivity index (χ2v) is 5.69. The second kappa shape index (κ2) is 7.60. The highest BCUT2D eigenvalue weighted by Crippen LogP contribution is 2.10. The van der Waals surface area contributed by atoms with Crippen LogP contribution in [0.4, 0.5) is 0 Å². The summed E-state index contributed by atoms with van der Waals surface area (Å²) in [7, 11) is 0. The largest absolute Gasteiger partial charge is 0.508 e. The van der Waals surface area contributed by atoms with Crippen molar-refractivity contribution in [3.63, 3.8) is 0 Å². The molecule has 0 saturated carbocycles. The van der Waals surface area contributed by atoms with Crippen LogP contribution in [0.15, 0.2) is 41.3 Å². The van der Waals surface area contributed by atoms with Gasteiger partial charge in [0.1, 0.15) is 5.75 Å². The summed E-state index contributed by atoms with van der Waals surface area (Å²) < 4.78 is 4.95. The predicted molar refractivity (Wildman–Crippen MR) is 97.3 cm³/mol. The van der Waals surface area contributed by atoms with Crippen molar-refractivity contribution in [2.75, 3.05) is 6.61 Å². The Hall–Kier alpha value is -3.48. The number of benzene rings is 1. The van der Waals surface area contributed by atoms with E-state index in [1.807, 2.05) is 18.2 Å². The third-order valence-corrected chi connectivity index (χ3v) is 3.84. The summed E-state index contributed by atoms with van der Waals surface area (Å²) in [6.07, 6.45) is 5.68. The van der Waals surface area contributed by atoms with Crippen molar-refractivity contribution in [3.8, 4) is 5.75 Å². The Balaban J connectivity index is 1.91. The van der Waals surface area contributed by atoms with Crippen LogP contribution in [0.1, 0.15) is 28.5 Å². The molecule has 2 heterocycles. The van der Waals surface area contributed by atoms with E-state index in [1.54, 1.807) is 37.4 Å². The summed E-state index contributed by atoms with van der Waals surface area (Å²) in [5, 5.41) is 15.8. The summed E-state index contributed by atoms with van der Waals surface area (Å²) in [6, 6.07) is 8.50. The van der Waals surface area contributed by atoms with Crippen LogP contribution in [-0.2, 0) is 11.2 Å². The van der Waals surface area contributed by atoms with E-state index < -0.39 is 5.97 Å². The number of phenols is 1. The van der Waals surface area contributed by atoms with Gasteiger partial charge in [0.2, 0.25) is 0 Å². The molecule has 3 aromatic rings. The lowest BCUT2D eigenvalue weighted by atomic mass is 10.1. The minimum atomic E-state index is -0.412. The number of rotatable bonds is 5. The van der Waals surface area contributed by atoms with Crippen LogP contribution in [0, 0.1) is 0 Å². The van der Waals surface area contributed by atoms with Gasteiger partial charge in [-0.2, -0.15) is 0 Å². The van der Waals surface area contributed by atoms with Gasteiger partial charge in [0.25, 0.3) is 5.56 Å². The van der Waals surface area contributed by atoms with Crippen LogP contribution < -0.4 is 16.1 Å². The van der Waals surface area contributed by atoms with Crippen LogP contribution in [0.5, 0.6) is 5.75 Å². The zero-order valence-corrected chi connectivity index (χ0v) is 14.2. The minimum Gasteiger partial charge on any atom is -0.508 e. The minimum absolute atomic E-state index is 0.210. The first-order valence-corrected chi connectivity index (χ1v) is 8.19. The van der Waals surface area contributed by atoms with Gasteiger partial charge in [-0.3, -0.25) is 15.0 Å². The average Bonchev–Trinajstić information content (AvgIpc) is 3.23. The summed E-state index contributed by atoms with van der Waals surface area (Å²) in [6.45, 7) is 2.05. The van der Waals surface area contributed by atoms with E-state index >= 15 is 0 Å². The van der Waals surface area contributed by atoms with Crippen molar-refractivity contribution in [3.05, 3.63) is 74.3 Å². The smallest absolute Gasteiger partial charge is 0.339 e. The van der Waals surface area contributed by atoms with Crippen molar-refractivity contribution in [1.82, 2.24) is 15.2 Å². The molecular weight excluding hydrogens is 334 g/mol. The van der Waals surface area contributed by atoms with Crippen LogP contribution in [0.2, 0.25) is 0 Å². The summed E-state index contributed by atoms with van der Waals surface area (Å²) in [5.74, 6) is -0.201. The molecule has 7 nitrogen and oxygen atoms in total. The standard InChI is InChI=1S/C19H19N3O4/c1-2-26-19(25)13-9-14(20-11-13)10-16-17(21-22-18(16)24)8-5-12-3-6-15(23)7-4-12/h3-4,6-11,20-21,23H,2,5H2,1H3,(H,22,24). The van der Waals surface area contributed by atoms with E-state index in [2.05, 4.69) is 15.2 Å². The highest BCUT2D eigenvalue weighted by Gasteiger charge is 2.08. The number of esters is 1. The normalized spacial score (nSPS) is 12.5. The van der Waals surface area contributed by atoms with Crippen LogP contribution in [0.25, 0.3) is 12.2 Å². The van der Waals surface area contributed by atoms with Gasteiger partial charge < -0.3 is 14.8 Å². The number of aromatic amines is 3. The van der Waals surface area contributed by atoms with Crippen molar-refractivity contribution in [1.29, 1.82) is 0 Å². The maximum atomic E-state index is 12.1. The molecule has 0 aliphatic carbocycles. The highest BCUT2D eigenvalue weighted by molar-refractivity contribution is 5.89. The fourth-order valence-electron chi connectivity index (χ4n) is 2.52. The van der Waals surface area contributed by atoms with E-state index in [1.165, 1.54) is 0 Å². The van der Waals surface area contributed by atoms with E-state index in [0.717, 1.165) is 5.56 Å². The fourth-order valence-corrected chi connectivity index (χ4v) is 2.52. The number of carbonyl (C=O) groups is 1. The second-order valence-electron chi connectivity index (χ2n) is 5.69. The lowest BCUT2D eigenvalue weighted by Crippen LogP contribution is -2.33. The molecule has 0 saturated heterocycles. The van der Waals surface area contributed by atoms with Gasteiger partial charge in [0.05, 0.1) is 22.7 Å². The number of ether oxygens (including phenoxy) is 1. The molecule has 2 aromatic heterocycles. The lowest BCUT2D eigenvalue weighted by Gasteiger charge is -1.96. The number of H-pyrrole nitrogens is 3. The molecule has 7 heteroatoms. The van der Waals surface area contributed by atoms with Gasteiger partial charge in [0, 0.05) is 11.9 Å². The molecule has 0 fully saturated rings.